The van der Waals surface area contributed by atoms with Crippen LogP contribution in [0, 0.1) is 0 Å². The minimum absolute atomic E-state index is 0.0800. The van der Waals surface area contributed by atoms with Gasteiger partial charge in [0.15, 0.2) is 0 Å². The molecule has 1 aromatic heterocycles. The molecule has 1 saturated heterocycles. The Balaban J connectivity index is 1.73. The molecule has 3 rings (SSSR count). The average molecular weight is 422 g/mol. The average Bonchev–Trinajstić information content (AvgIpc) is 2.68. The Morgan fingerprint density at radius 3 is 2.48 bits per heavy atom. The van der Waals surface area contributed by atoms with Crippen molar-refractivity contribution >= 4 is 28.5 Å². The summed E-state index contributed by atoms with van der Waals surface area (Å²) in [5, 5.41) is 5.74. The van der Waals surface area contributed by atoms with Crippen LogP contribution in [0.5, 0.6) is 5.88 Å². The standard InChI is InChI=1S/C21H28ClN3O4/c1-21(2,3)29-20(27)24-13-9-15(10-14-24)28-18-16-7-4-5-8-17(16)19(26)25(23-18)12-6-11-22/h4-5,7-8,15H,6,9-14H2,1-3H3. The first kappa shape index (κ1) is 21.4. The van der Waals surface area contributed by atoms with Crippen molar-refractivity contribution in [3.05, 3.63) is 34.6 Å². The molecule has 1 fully saturated rings. The summed E-state index contributed by atoms with van der Waals surface area (Å²) in [4.78, 5) is 26.6. The monoisotopic (exact) mass is 421 g/mol. The molecule has 0 atom stereocenters. The van der Waals surface area contributed by atoms with Crippen LogP contribution in [0.2, 0.25) is 0 Å². The number of ether oxygens (including phenoxy) is 2. The van der Waals surface area contributed by atoms with E-state index in [1.54, 1.807) is 11.0 Å². The summed E-state index contributed by atoms with van der Waals surface area (Å²) in [5.41, 5.74) is -0.651. The minimum Gasteiger partial charge on any atom is -0.473 e. The molecule has 2 heterocycles. The summed E-state index contributed by atoms with van der Waals surface area (Å²) in [6.07, 6.45) is 1.63. The highest BCUT2D eigenvalue weighted by molar-refractivity contribution is 6.17. The molecule has 0 spiro atoms. The number of halogens is 1. The van der Waals surface area contributed by atoms with Crippen molar-refractivity contribution in [1.82, 2.24) is 14.7 Å². The number of benzene rings is 1. The Kier molecular flexibility index (Phi) is 6.67. The minimum atomic E-state index is -0.510. The maximum Gasteiger partial charge on any atom is 0.410 e. The number of amides is 1. The second kappa shape index (κ2) is 9.03. The van der Waals surface area contributed by atoms with Gasteiger partial charge in [-0.25, -0.2) is 9.48 Å². The molecule has 0 radical (unpaired) electrons. The third-order valence-corrected chi connectivity index (χ3v) is 4.98. The van der Waals surface area contributed by atoms with Crippen LogP contribution in [0.3, 0.4) is 0 Å². The predicted octanol–water partition coefficient (Wildman–Crippen LogP) is 3.80. The van der Waals surface area contributed by atoms with Crippen LogP contribution in [0.15, 0.2) is 29.1 Å². The van der Waals surface area contributed by atoms with Gasteiger partial charge < -0.3 is 14.4 Å². The maximum absolute atomic E-state index is 12.7. The molecule has 1 aromatic carbocycles. The summed E-state index contributed by atoms with van der Waals surface area (Å²) >= 11 is 5.78. The van der Waals surface area contributed by atoms with E-state index >= 15 is 0 Å². The van der Waals surface area contributed by atoms with E-state index in [4.69, 9.17) is 21.1 Å². The number of fused-ring (bicyclic) bond motifs is 1. The van der Waals surface area contributed by atoms with Gasteiger partial charge in [-0.15, -0.1) is 16.7 Å². The van der Waals surface area contributed by atoms with E-state index in [0.717, 1.165) is 0 Å². The lowest BCUT2D eigenvalue weighted by atomic mass is 10.1. The zero-order valence-electron chi connectivity index (χ0n) is 17.2. The summed E-state index contributed by atoms with van der Waals surface area (Å²) in [6.45, 7) is 7.14. The molecule has 1 aliphatic rings. The molecule has 1 amide bonds. The highest BCUT2D eigenvalue weighted by Crippen LogP contribution is 2.24. The first-order chi connectivity index (χ1) is 13.8. The molecule has 158 valence electrons. The number of likely N-dealkylation sites (tertiary alicyclic amines) is 1. The first-order valence-electron chi connectivity index (χ1n) is 9.99. The number of aromatic nitrogens is 2. The molecule has 7 nitrogen and oxygen atoms in total. The largest absolute Gasteiger partial charge is 0.473 e. The van der Waals surface area contributed by atoms with Gasteiger partial charge >= 0.3 is 6.09 Å². The van der Waals surface area contributed by atoms with Crippen molar-refractivity contribution in [2.24, 2.45) is 0 Å². The second-order valence-corrected chi connectivity index (χ2v) is 8.58. The Morgan fingerprint density at radius 2 is 1.86 bits per heavy atom. The molecule has 0 N–H and O–H groups in total. The zero-order chi connectivity index (χ0) is 21.0. The maximum atomic E-state index is 12.7. The van der Waals surface area contributed by atoms with E-state index in [-0.39, 0.29) is 17.8 Å². The smallest absolute Gasteiger partial charge is 0.410 e. The number of piperidine rings is 1. The van der Waals surface area contributed by atoms with Crippen molar-refractivity contribution < 1.29 is 14.3 Å². The lowest BCUT2D eigenvalue weighted by Crippen LogP contribution is -2.44. The first-order valence-corrected chi connectivity index (χ1v) is 10.5. The SMILES string of the molecule is CC(C)(C)OC(=O)N1CCC(Oc2nn(CCCCl)c(=O)c3ccccc23)CC1. The third-order valence-electron chi connectivity index (χ3n) is 4.71. The lowest BCUT2D eigenvalue weighted by Gasteiger charge is -2.33. The van der Waals surface area contributed by atoms with E-state index in [1.165, 1.54) is 4.68 Å². The molecule has 0 aliphatic carbocycles. The number of aryl methyl sites for hydroxylation is 1. The Bertz CT molecular complexity index is 914. The van der Waals surface area contributed by atoms with Gasteiger partial charge in [0.25, 0.3) is 5.56 Å². The van der Waals surface area contributed by atoms with Gasteiger partial charge in [-0.1, -0.05) is 12.1 Å². The van der Waals surface area contributed by atoms with Crippen LogP contribution in [0.4, 0.5) is 4.79 Å². The van der Waals surface area contributed by atoms with E-state index in [2.05, 4.69) is 5.10 Å². The van der Waals surface area contributed by atoms with Crippen LogP contribution in [-0.2, 0) is 11.3 Å². The Labute approximate surface area is 175 Å². The molecule has 1 aliphatic heterocycles. The number of carbonyl (C=O) groups is 1. The number of nitrogens with zero attached hydrogens (tertiary/aromatic N) is 3. The number of hydrogen-bond donors (Lipinski definition) is 0. The third kappa shape index (κ3) is 5.41. The van der Waals surface area contributed by atoms with Crippen molar-refractivity contribution in [3.63, 3.8) is 0 Å². The van der Waals surface area contributed by atoms with Crippen LogP contribution < -0.4 is 10.3 Å². The number of hydrogen-bond acceptors (Lipinski definition) is 5. The van der Waals surface area contributed by atoms with Crippen molar-refractivity contribution in [3.8, 4) is 5.88 Å². The van der Waals surface area contributed by atoms with Crippen LogP contribution in [0.25, 0.3) is 10.8 Å². The van der Waals surface area contributed by atoms with Crippen LogP contribution in [-0.4, -0.2) is 51.4 Å². The van der Waals surface area contributed by atoms with E-state index in [9.17, 15) is 9.59 Å². The van der Waals surface area contributed by atoms with Crippen molar-refractivity contribution in [2.45, 2.75) is 58.3 Å². The van der Waals surface area contributed by atoms with Gasteiger partial charge in [0.05, 0.1) is 10.8 Å². The van der Waals surface area contributed by atoms with Crippen LogP contribution in [0.1, 0.15) is 40.0 Å². The summed E-state index contributed by atoms with van der Waals surface area (Å²) in [7, 11) is 0. The molecular weight excluding hydrogens is 394 g/mol. The molecule has 29 heavy (non-hydrogen) atoms. The fourth-order valence-corrected chi connectivity index (χ4v) is 3.41. The van der Waals surface area contributed by atoms with E-state index < -0.39 is 5.60 Å². The molecule has 0 unspecified atom stereocenters. The number of carbonyl (C=O) groups excluding carboxylic acids is 1. The van der Waals surface area contributed by atoms with Gasteiger partial charge in [0.2, 0.25) is 5.88 Å². The molecule has 2 aromatic rings. The van der Waals surface area contributed by atoms with Crippen molar-refractivity contribution in [2.75, 3.05) is 19.0 Å². The molecule has 0 bridgehead atoms. The van der Waals surface area contributed by atoms with E-state index in [1.807, 2.05) is 39.0 Å². The van der Waals surface area contributed by atoms with Gasteiger partial charge in [0.1, 0.15) is 11.7 Å². The van der Waals surface area contributed by atoms with Gasteiger partial charge in [-0.05, 0) is 39.3 Å². The highest BCUT2D eigenvalue weighted by atomic mass is 35.5. The predicted molar refractivity (Wildman–Crippen MR) is 113 cm³/mol. The molecule has 0 saturated carbocycles. The normalized spacial score (nSPS) is 15.5. The highest BCUT2D eigenvalue weighted by Gasteiger charge is 2.28. The fourth-order valence-electron chi connectivity index (χ4n) is 3.29. The lowest BCUT2D eigenvalue weighted by molar-refractivity contribution is 0.0123. The quantitative estimate of drug-likeness (QED) is 0.686. The van der Waals surface area contributed by atoms with Crippen LogP contribution >= 0.6 is 11.6 Å². The fraction of sp³-hybridized carbons (Fsp3) is 0.571. The second-order valence-electron chi connectivity index (χ2n) is 8.21. The topological polar surface area (TPSA) is 73.7 Å². The summed E-state index contributed by atoms with van der Waals surface area (Å²) in [6, 6.07) is 7.33. The van der Waals surface area contributed by atoms with Gasteiger partial charge in [-0.3, -0.25) is 4.79 Å². The van der Waals surface area contributed by atoms with Gasteiger partial charge in [-0.2, -0.15) is 0 Å². The summed E-state index contributed by atoms with van der Waals surface area (Å²) < 4.78 is 13.1. The molecule has 8 heteroatoms. The van der Waals surface area contributed by atoms with E-state index in [0.29, 0.717) is 61.4 Å². The van der Waals surface area contributed by atoms with Gasteiger partial charge in [0, 0.05) is 38.4 Å². The number of alkyl halides is 1. The molecular formula is C21H28ClN3O4. The Morgan fingerprint density at radius 1 is 1.21 bits per heavy atom. The number of rotatable bonds is 5. The summed E-state index contributed by atoms with van der Waals surface area (Å²) in [5.74, 6) is 0.908. The van der Waals surface area contributed by atoms with Crippen molar-refractivity contribution in [1.29, 1.82) is 0 Å². The Hall–Kier alpha value is -2.28. The zero-order valence-corrected chi connectivity index (χ0v) is 17.9.